The molecule has 28 heavy (non-hydrogen) atoms. The van der Waals surface area contributed by atoms with Crippen molar-refractivity contribution in [3.8, 4) is 0 Å². The maximum atomic E-state index is 13.2. The summed E-state index contributed by atoms with van der Waals surface area (Å²) in [6, 6.07) is 6.73. The fourth-order valence-electron chi connectivity index (χ4n) is 3.59. The van der Waals surface area contributed by atoms with E-state index in [1.807, 2.05) is 17.5 Å². The Morgan fingerprint density at radius 2 is 2.00 bits per heavy atom. The first-order valence-corrected chi connectivity index (χ1v) is 10.4. The van der Waals surface area contributed by atoms with Crippen molar-refractivity contribution in [3.05, 3.63) is 53.0 Å². The first-order valence-electron chi connectivity index (χ1n) is 8.97. The Balaban J connectivity index is 1.66. The highest BCUT2D eigenvalue weighted by Gasteiger charge is 2.31. The predicted octanol–water partition coefficient (Wildman–Crippen LogP) is 2.05. The van der Waals surface area contributed by atoms with Gasteiger partial charge >= 0.3 is 0 Å². The molecule has 1 aromatic carbocycles. The molecule has 0 radical (unpaired) electrons. The number of amides is 1. The molecule has 3 aromatic rings. The molecule has 1 aliphatic heterocycles. The number of carbonyl (C=O) groups excluding carboxylic acids is 1. The van der Waals surface area contributed by atoms with Gasteiger partial charge in [0.1, 0.15) is 0 Å². The Kier molecular flexibility index (Phi) is 4.43. The van der Waals surface area contributed by atoms with Gasteiger partial charge in [-0.3, -0.25) is 4.79 Å². The van der Waals surface area contributed by atoms with Crippen LogP contribution in [0, 0.1) is 13.8 Å². The molecule has 0 saturated heterocycles. The number of aryl methyl sites for hydroxylation is 2. The molecule has 0 bridgehead atoms. The van der Waals surface area contributed by atoms with Gasteiger partial charge in [-0.15, -0.1) is 0 Å². The third-order valence-corrected chi connectivity index (χ3v) is 6.85. The van der Waals surface area contributed by atoms with E-state index >= 15 is 0 Å². The molecule has 0 unspecified atom stereocenters. The zero-order valence-corrected chi connectivity index (χ0v) is 16.7. The molecule has 4 rings (SSSR count). The Morgan fingerprint density at radius 3 is 2.71 bits per heavy atom. The number of rotatable bonds is 3. The maximum absolute atomic E-state index is 13.2. The van der Waals surface area contributed by atoms with Gasteiger partial charge in [0.15, 0.2) is 5.65 Å². The van der Waals surface area contributed by atoms with Crippen molar-refractivity contribution in [3.63, 3.8) is 0 Å². The molecule has 8 nitrogen and oxygen atoms in total. The molecule has 0 fully saturated rings. The van der Waals surface area contributed by atoms with Gasteiger partial charge in [-0.05, 0) is 37.6 Å². The van der Waals surface area contributed by atoms with Crippen LogP contribution in [0.4, 0.5) is 5.69 Å². The highest BCUT2D eigenvalue weighted by atomic mass is 32.2. The summed E-state index contributed by atoms with van der Waals surface area (Å²) in [5.41, 5.74) is 4.69. The lowest BCUT2D eigenvalue weighted by molar-refractivity contribution is -0.114. The zero-order valence-electron chi connectivity index (χ0n) is 15.9. The minimum atomic E-state index is -3.67. The fourth-order valence-corrected chi connectivity index (χ4v) is 5.22. The monoisotopic (exact) mass is 399 g/mol. The average molecular weight is 399 g/mol. The second-order valence-corrected chi connectivity index (χ2v) is 8.94. The molecule has 1 amide bonds. The van der Waals surface area contributed by atoms with Gasteiger partial charge in [0, 0.05) is 49.9 Å². The predicted molar refractivity (Wildman–Crippen MR) is 105 cm³/mol. The van der Waals surface area contributed by atoms with Crippen LogP contribution in [0.3, 0.4) is 0 Å². The number of nitrogens with zero attached hydrogens (tertiary/aromatic N) is 4. The van der Waals surface area contributed by atoms with Gasteiger partial charge in [0.25, 0.3) is 0 Å². The van der Waals surface area contributed by atoms with Crippen molar-refractivity contribution in [2.24, 2.45) is 0 Å². The summed E-state index contributed by atoms with van der Waals surface area (Å²) < 4.78 is 29.7. The van der Waals surface area contributed by atoms with Crippen LogP contribution in [0.1, 0.15) is 29.4 Å². The van der Waals surface area contributed by atoms with E-state index in [0.29, 0.717) is 24.2 Å². The highest BCUT2D eigenvalue weighted by Crippen LogP contribution is 2.28. The smallest absolute Gasteiger partial charge is 0.243 e. The standard InChI is InChI=1S/C19H21N5O3S/c1-12-8-16(21-14(3)25)4-5-18(12)28(26,27)23-7-6-17-15(11-23)10-20-19-9-13(2)22-24(17)19/h4-5,8-10H,6-7,11H2,1-3H3,(H,21,25). The van der Waals surface area contributed by atoms with Crippen molar-refractivity contribution in [1.29, 1.82) is 0 Å². The SMILES string of the molecule is CC(=O)Nc1ccc(S(=O)(=O)N2CCc3c(cnc4cc(C)nn34)C2)c(C)c1. The number of benzene rings is 1. The number of anilines is 1. The Hall–Kier alpha value is -2.78. The second-order valence-electron chi connectivity index (χ2n) is 7.04. The summed E-state index contributed by atoms with van der Waals surface area (Å²) in [5.74, 6) is -0.199. The Morgan fingerprint density at radius 1 is 1.21 bits per heavy atom. The molecular formula is C19H21N5O3S. The van der Waals surface area contributed by atoms with Crippen molar-refractivity contribution < 1.29 is 13.2 Å². The van der Waals surface area contributed by atoms with E-state index in [1.54, 1.807) is 31.3 Å². The van der Waals surface area contributed by atoms with E-state index in [4.69, 9.17) is 0 Å². The lowest BCUT2D eigenvalue weighted by Crippen LogP contribution is -2.37. The van der Waals surface area contributed by atoms with E-state index in [2.05, 4.69) is 15.4 Å². The minimum Gasteiger partial charge on any atom is -0.326 e. The van der Waals surface area contributed by atoms with E-state index in [-0.39, 0.29) is 17.3 Å². The van der Waals surface area contributed by atoms with Crippen LogP contribution in [0.5, 0.6) is 0 Å². The maximum Gasteiger partial charge on any atom is 0.243 e. The van der Waals surface area contributed by atoms with Crippen molar-refractivity contribution in [2.75, 3.05) is 11.9 Å². The van der Waals surface area contributed by atoms with Crippen LogP contribution < -0.4 is 5.32 Å². The number of fused-ring (bicyclic) bond motifs is 3. The van der Waals surface area contributed by atoms with E-state index in [0.717, 1.165) is 22.6 Å². The summed E-state index contributed by atoms with van der Waals surface area (Å²) in [4.78, 5) is 15.9. The summed E-state index contributed by atoms with van der Waals surface area (Å²) in [6.45, 7) is 5.69. The third kappa shape index (κ3) is 3.16. The van der Waals surface area contributed by atoms with Crippen LogP contribution in [0.2, 0.25) is 0 Å². The van der Waals surface area contributed by atoms with Crippen LogP contribution >= 0.6 is 0 Å². The summed E-state index contributed by atoms with van der Waals surface area (Å²) >= 11 is 0. The van der Waals surface area contributed by atoms with Gasteiger partial charge in [0.2, 0.25) is 15.9 Å². The van der Waals surface area contributed by atoms with Crippen LogP contribution in [-0.4, -0.2) is 39.8 Å². The molecule has 0 atom stereocenters. The van der Waals surface area contributed by atoms with Crippen LogP contribution in [0.25, 0.3) is 5.65 Å². The van der Waals surface area contributed by atoms with Gasteiger partial charge in [-0.1, -0.05) is 0 Å². The largest absolute Gasteiger partial charge is 0.326 e. The molecule has 1 N–H and O–H groups in total. The molecule has 9 heteroatoms. The summed E-state index contributed by atoms with van der Waals surface area (Å²) in [5, 5.41) is 7.14. The number of nitrogens with one attached hydrogen (secondary N) is 1. The summed E-state index contributed by atoms with van der Waals surface area (Å²) in [6.07, 6.45) is 2.30. The van der Waals surface area contributed by atoms with Gasteiger partial charge < -0.3 is 5.32 Å². The molecule has 0 aliphatic carbocycles. The van der Waals surface area contributed by atoms with Gasteiger partial charge in [-0.25, -0.2) is 17.9 Å². The normalized spacial score (nSPS) is 14.8. The molecule has 2 aromatic heterocycles. The third-order valence-electron chi connectivity index (χ3n) is 4.85. The number of hydrogen-bond acceptors (Lipinski definition) is 5. The first kappa shape index (κ1) is 18.6. The van der Waals surface area contributed by atoms with E-state index in [1.165, 1.54) is 11.2 Å². The molecule has 0 saturated carbocycles. The summed E-state index contributed by atoms with van der Waals surface area (Å²) in [7, 11) is -3.67. The van der Waals surface area contributed by atoms with E-state index in [9.17, 15) is 13.2 Å². The second kappa shape index (κ2) is 6.68. The highest BCUT2D eigenvalue weighted by molar-refractivity contribution is 7.89. The number of aromatic nitrogens is 3. The molecular weight excluding hydrogens is 378 g/mol. The van der Waals surface area contributed by atoms with Crippen molar-refractivity contribution in [2.45, 2.75) is 38.6 Å². The van der Waals surface area contributed by atoms with Gasteiger partial charge in [0.05, 0.1) is 16.3 Å². The van der Waals surface area contributed by atoms with Crippen molar-refractivity contribution in [1.82, 2.24) is 18.9 Å². The topological polar surface area (TPSA) is 96.7 Å². The quantitative estimate of drug-likeness (QED) is 0.727. The van der Waals surface area contributed by atoms with Crippen LogP contribution in [-0.2, 0) is 27.8 Å². The lowest BCUT2D eigenvalue weighted by atomic mass is 10.1. The number of sulfonamides is 1. The van der Waals surface area contributed by atoms with Crippen LogP contribution in [0.15, 0.2) is 35.4 Å². The Bertz CT molecular complexity index is 1200. The average Bonchev–Trinajstić information content (AvgIpc) is 3.01. The number of carbonyl (C=O) groups is 1. The first-order chi connectivity index (χ1) is 13.3. The molecule has 146 valence electrons. The molecule has 1 aliphatic rings. The molecule has 0 spiro atoms. The fraction of sp³-hybridized carbons (Fsp3) is 0.316. The minimum absolute atomic E-state index is 0.199. The van der Waals surface area contributed by atoms with Crippen molar-refractivity contribution >= 4 is 27.3 Å². The van der Waals surface area contributed by atoms with E-state index < -0.39 is 10.0 Å². The number of hydrogen-bond donors (Lipinski definition) is 1. The zero-order chi connectivity index (χ0) is 20.1. The Labute approximate surface area is 163 Å². The van der Waals surface area contributed by atoms with Gasteiger partial charge in [-0.2, -0.15) is 9.40 Å². The lowest BCUT2D eigenvalue weighted by Gasteiger charge is -2.28. The molecule has 3 heterocycles.